The van der Waals surface area contributed by atoms with Crippen molar-refractivity contribution in [1.29, 1.82) is 5.41 Å². The predicted molar refractivity (Wildman–Crippen MR) is 75.7 cm³/mol. The minimum absolute atomic E-state index is 0.150. The number of nitrogens with zero attached hydrogens (tertiary/aromatic N) is 1. The van der Waals surface area contributed by atoms with Gasteiger partial charge < -0.3 is 5.73 Å². The van der Waals surface area contributed by atoms with Crippen molar-refractivity contribution >= 4 is 5.84 Å². The van der Waals surface area contributed by atoms with Gasteiger partial charge in [0.05, 0.1) is 0 Å². The number of likely N-dealkylation sites (tertiary alicyclic amines) is 1. The van der Waals surface area contributed by atoms with Gasteiger partial charge >= 0.3 is 0 Å². The maximum absolute atomic E-state index is 7.48. The Kier molecular flexibility index (Phi) is 4.02. The number of nitrogen functional groups attached to an aromatic ring is 1. The third kappa shape index (κ3) is 3.10. The van der Waals surface area contributed by atoms with Crippen LogP contribution in [-0.4, -0.2) is 23.3 Å². The molecule has 2 atom stereocenters. The van der Waals surface area contributed by atoms with Crippen molar-refractivity contribution < 1.29 is 0 Å². The summed E-state index contributed by atoms with van der Waals surface area (Å²) in [4.78, 5) is 2.53. The molecule has 1 heterocycles. The molecule has 1 aliphatic heterocycles. The zero-order chi connectivity index (χ0) is 13.1. The fourth-order valence-corrected chi connectivity index (χ4v) is 2.76. The zero-order valence-electron chi connectivity index (χ0n) is 11.3. The van der Waals surface area contributed by atoms with E-state index in [9.17, 15) is 0 Å². The van der Waals surface area contributed by atoms with Gasteiger partial charge in [0.15, 0.2) is 0 Å². The highest BCUT2D eigenvalue weighted by Gasteiger charge is 2.22. The smallest absolute Gasteiger partial charge is 0.122 e. The summed E-state index contributed by atoms with van der Waals surface area (Å²) >= 11 is 0. The Morgan fingerprint density at radius 1 is 1.44 bits per heavy atom. The number of nitrogens with one attached hydrogen (secondary N) is 1. The highest BCUT2D eigenvalue weighted by atomic mass is 15.2. The molecule has 1 saturated heterocycles. The Hall–Kier alpha value is -1.35. The lowest BCUT2D eigenvalue weighted by molar-refractivity contribution is 0.122. The molecular formula is C15H23N3. The first-order valence-corrected chi connectivity index (χ1v) is 6.73. The van der Waals surface area contributed by atoms with Gasteiger partial charge in [0.25, 0.3) is 0 Å². The van der Waals surface area contributed by atoms with Crippen molar-refractivity contribution in [2.45, 2.75) is 39.3 Å². The van der Waals surface area contributed by atoms with Crippen LogP contribution in [0.5, 0.6) is 0 Å². The topological polar surface area (TPSA) is 53.1 Å². The quantitative estimate of drug-likeness (QED) is 0.635. The Labute approximate surface area is 109 Å². The number of nitrogens with two attached hydrogens (primary N) is 1. The summed E-state index contributed by atoms with van der Waals surface area (Å²) in [6.07, 6.45) is 2.57. The molecule has 1 aromatic carbocycles. The third-order valence-corrected chi connectivity index (χ3v) is 3.90. The molecule has 0 spiro atoms. The van der Waals surface area contributed by atoms with Gasteiger partial charge in [-0.3, -0.25) is 10.3 Å². The van der Waals surface area contributed by atoms with Gasteiger partial charge in [0.1, 0.15) is 5.84 Å². The molecular weight excluding hydrogens is 222 g/mol. The third-order valence-electron chi connectivity index (χ3n) is 3.90. The molecule has 3 N–H and O–H groups in total. The van der Waals surface area contributed by atoms with Crippen molar-refractivity contribution in [2.75, 3.05) is 6.54 Å². The van der Waals surface area contributed by atoms with E-state index < -0.39 is 0 Å². The highest BCUT2D eigenvalue weighted by molar-refractivity contribution is 5.95. The first-order chi connectivity index (χ1) is 8.56. The van der Waals surface area contributed by atoms with E-state index in [2.05, 4.69) is 24.8 Å². The van der Waals surface area contributed by atoms with E-state index in [4.69, 9.17) is 11.1 Å². The molecule has 3 heteroatoms. The molecule has 18 heavy (non-hydrogen) atoms. The number of piperidine rings is 1. The predicted octanol–water partition coefficient (Wildman–Crippen LogP) is 2.59. The second-order valence-electron chi connectivity index (χ2n) is 5.56. The van der Waals surface area contributed by atoms with E-state index in [-0.39, 0.29) is 5.84 Å². The molecule has 1 fully saturated rings. The minimum atomic E-state index is 0.150. The number of rotatable bonds is 3. The van der Waals surface area contributed by atoms with Crippen LogP contribution in [-0.2, 0) is 6.54 Å². The lowest BCUT2D eigenvalue weighted by atomic mass is 9.93. The standard InChI is InChI=1S/C15H23N3/c1-11-6-7-18(12(2)8-11)10-13-4-3-5-14(9-13)15(16)17/h3-5,9,11-12H,6-8,10H2,1-2H3,(H3,16,17). The monoisotopic (exact) mass is 245 g/mol. The van der Waals surface area contributed by atoms with Gasteiger partial charge in [0, 0.05) is 18.2 Å². The Bertz CT molecular complexity index is 428. The molecule has 0 bridgehead atoms. The Morgan fingerprint density at radius 3 is 2.89 bits per heavy atom. The van der Waals surface area contributed by atoms with Crippen molar-refractivity contribution in [3.05, 3.63) is 35.4 Å². The lowest BCUT2D eigenvalue weighted by Gasteiger charge is -2.36. The molecule has 1 aliphatic rings. The molecule has 0 aliphatic carbocycles. The molecule has 0 amide bonds. The molecule has 0 aromatic heterocycles. The van der Waals surface area contributed by atoms with Crippen LogP contribution in [0.2, 0.25) is 0 Å². The van der Waals surface area contributed by atoms with Crippen LogP contribution in [0.25, 0.3) is 0 Å². The molecule has 0 saturated carbocycles. The van der Waals surface area contributed by atoms with Crippen molar-refractivity contribution in [1.82, 2.24) is 4.90 Å². The van der Waals surface area contributed by atoms with E-state index >= 15 is 0 Å². The van der Waals surface area contributed by atoms with Gasteiger partial charge in [0.2, 0.25) is 0 Å². The Morgan fingerprint density at radius 2 is 2.22 bits per heavy atom. The molecule has 0 radical (unpaired) electrons. The lowest BCUT2D eigenvalue weighted by Crippen LogP contribution is -2.39. The molecule has 2 unspecified atom stereocenters. The van der Waals surface area contributed by atoms with Gasteiger partial charge in [-0.1, -0.05) is 25.1 Å². The minimum Gasteiger partial charge on any atom is -0.384 e. The average molecular weight is 245 g/mol. The maximum Gasteiger partial charge on any atom is 0.122 e. The van der Waals surface area contributed by atoms with Crippen LogP contribution in [0.15, 0.2) is 24.3 Å². The van der Waals surface area contributed by atoms with E-state index in [1.165, 1.54) is 24.9 Å². The fourth-order valence-electron chi connectivity index (χ4n) is 2.76. The number of amidine groups is 1. The number of hydrogen-bond acceptors (Lipinski definition) is 2. The normalized spacial score (nSPS) is 25.0. The summed E-state index contributed by atoms with van der Waals surface area (Å²) < 4.78 is 0. The highest BCUT2D eigenvalue weighted by Crippen LogP contribution is 2.23. The number of hydrogen-bond donors (Lipinski definition) is 2. The molecule has 2 rings (SSSR count). The summed E-state index contributed by atoms with van der Waals surface area (Å²) in [6, 6.07) is 8.69. The average Bonchev–Trinajstić information content (AvgIpc) is 2.33. The van der Waals surface area contributed by atoms with Crippen molar-refractivity contribution in [3.63, 3.8) is 0 Å². The van der Waals surface area contributed by atoms with Crippen molar-refractivity contribution in [3.8, 4) is 0 Å². The zero-order valence-corrected chi connectivity index (χ0v) is 11.3. The van der Waals surface area contributed by atoms with Gasteiger partial charge in [-0.2, -0.15) is 0 Å². The first kappa shape index (κ1) is 13.1. The molecule has 1 aromatic rings. The summed E-state index contributed by atoms with van der Waals surface area (Å²) in [5.74, 6) is 0.997. The summed E-state index contributed by atoms with van der Waals surface area (Å²) in [7, 11) is 0. The summed E-state index contributed by atoms with van der Waals surface area (Å²) in [5.41, 5.74) is 7.61. The van der Waals surface area contributed by atoms with E-state index in [0.29, 0.717) is 6.04 Å². The van der Waals surface area contributed by atoms with Gasteiger partial charge in [-0.25, -0.2) is 0 Å². The van der Waals surface area contributed by atoms with Crippen LogP contribution in [0.1, 0.15) is 37.8 Å². The van der Waals surface area contributed by atoms with Gasteiger partial charge in [-0.15, -0.1) is 0 Å². The summed E-state index contributed by atoms with van der Waals surface area (Å²) in [6.45, 7) is 6.79. The first-order valence-electron chi connectivity index (χ1n) is 6.73. The largest absolute Gasteiger partial charge is 0.384 e. The van der Waals surface area contributed by atoms with Crippen LogP contribution < -0.4 is 5.73 Å². The van der Waals surface area contributed by atoms with E-state index in [1.807, 2.05) is 18.2 Å². The van der Waals surface area contributed by atoms with Crippen LogP contribution >= 0.6 is 0 Å². The fraction of sp³-hybridized carbons (Fsp3) is 0.533. The summed E-state index contributed by atoms with van der Waals surface area (Å²) in [5, 5.41) is 7.48. The SMILES string of the molecule is CC1CCN(Cc2cccc(C(=N)N)c2)C(C)C1. The van der Waals surface area contributed by atoms with Crippen molar-refractivity contribution in [2.24, 2.45) is 11.7 Å². The maximum atomic E-state index is 7.48. The van der Waals surface area contributed by atoms with Crippen LogP contribution in [0, 0.1) is 11.3 Å². The van der Waals surface area contributed by atoms with Gasteiger partial charge in [-0.05, 0) is 43.9 Å². The molecule has 98 valence electrons. The van der Waals surface area contributed by atoms with Crippen LogP contribution in [0.4, 0.5) is 0 Å². The van der Waals surface area contributed by atoms with E-state index in [0.717, 1.165) is 18.0 Å². The second kappa shape index (κ2) is 5.53. The second-order valence-corrected chi connectivity index (χ2v) is 5.56. The molecule has 3 nitrogen and oxygen atoms in total. The number of benzene rings is 1. The van der Waals surface area contributed by atoms with Crippen LogP contribution in [0.3, 0.4) is 0 Å². The Balaban J connectivity index is 2.05. The van der Waals surface area contributed by atoms with E-state index in [1.54, 1.807) is 0 Å².